The van der Waals surface area contributed by atoms with Crippen LogP contribution < -0.4 is 0 Å². The summed E-state index contributed by atoms with van der Waals surface area (Å²) < 4.78 is 0. The standard InChI is InChI=1S/C15H16O3/c1-8-4-9(2)6-11(5-8)12-7-13(16)15(18)14(17)10(12)3/h4-7,16-18H,1-3H3. The van der Waals surface area contributed by atoms with Crippen molar-refractivity contribution < 1.29 is 15.3 Å². The molecular formula is C15H16O3. The van der Waals surface area contributed by atoms with Crippen LogP contribution in [0.25, 0.3) is 11.1 Å². The van der Waals surface area contributed by atoms with Crippen LogP contribution in [-0.2, 0) is 0 Å². The molecule has 0 aromatic heterocycles. The zero-order chi connectivity index (χ0) is 13.4. The maximum atomic E-state index is 9.76. The number of aryl methyl sites for hydroxylation is 2. The van der Waals surface area contributed by atoms with E-state index >= 15 is 0 Å². The smallest absolute Gasteiger partial charge is 0.200 e. The third kappa shape index (κ3) is 1.99. The quantitative estimate of drug-likeness (QED) is 0.674. The van der Waals surface area contributed by atoms with Gasteiger partial charge < -0.3 is 15.3 Å². The van der Waals surface area contributed by atoms with E-state index in [-0.39, 0.29) is 11.5 Å². The normalized spacial score (nSPS) is 10.6. The summed E-state index contributed by atoms with van der Waals surface area (Å²) in [6.07, 6.45) is 0. The third-order valence-electron chi connectivity index (χ3n) is 3.04. The molecule has 0 aliphatic heterocycles. The molecule has 0 bridgehead atoms. The molecule has 0 heterocycles. The molecular weight excluding hydrogens is 228 g/mol. The molecule has 94 valence electrons. The van der Waals surface area contributed by atoms with Crippen molar-refractivity contribution in [2.45, 2.75) is 20.8 Å². The molecule has 0 fully saturated rings. The van der Waals surface area contributed by atoms with E-state index in [1.807, 2.05) is 26.0 Å². The first-order valence-electron chi connectivity index (χ1n) is 5.73. The summed E-state index contributed by atoms with van der Waals surface area (Å²) in [7, 11) is 0. The van der Waals surface area contributed by atoms with Crippen LogP contribution >= 0.6 is 0 Å². The Morgan fingerprint density at radius 1 is 0.722 bits per heavy atom. The predicted octanol–water partition coefficient (Wildman–Crippen LogP) is 3.40. The Labute approximate surface area is 106 Å². The molecule has 18 heavy (non-hydrogen) atoms. The molecule has 0 aliphatic rings. The maximum Gasteiger partial charge on any atom is 0.200 e. The summed E-state index contributed by atoms with van der Waals surface area (Å²) in [6, 6.07) is 7.48. The van der Waals surface area contributed by atoms with Gasteiger partial charge in [0.25, 0.3) is 0 Å². The van der Waals surface area contributed by atoms with Crippen LogP contribution in [0.3, 0.4) is 0 Å². The zero-order valence-corrected chi connectivity index (χ0v) is 10.7. The fourth-order valence-corrected chi connectivity index (χ4v) is 2.17. The SMILES string of the molecule is Cc1cc(C)cc(-c2cc(O)c(O)c(O)c2C)c1. The topological polar surface area (TPSA) is 60.7 Å². The molecule has 0 saturated carbocycles. The van der Waals surface area contributed by atoms with Gasteiger partial charge in [0.1, 0.15) is 0 Å². The van der Waals surface area contributed by atoms with E-state index in [1.165, 1.54) is 6.07 Å². The molecule has 2 aromatic carbocycles. The first-order valence-corrected chi connectivity index (χ1v) is 5.73. The Bertz CT molecular complexity index is 595. The van der Waals surface area contributed by atoms with Crippen LogP contribution in [0.2, 0.25) is 0 Å². The minimum atomic E-state index is -0.472. The van der Waals surface area contributed by atoms with Crippen molar-refractivity contribution in [2.75, 3.05) is 0 Å². The Morgan fingerprint density at radius 3 is 1.83 bits per heavy atom. The van der Waals surface area contributed by atoms with Crippen LogP contribution in [0.5, 0.6) is 17.2 Å². The van der Waals surface area contributed by atoms with Crippen molar-refractivity contribution >= 4 is 0 Å². The Balaban J connectivity index is 2.71. The van der Waals surface area contributed by atoms with Gasteiger partial charge in [0.15, 0.2) is 11.5 Å². The zero-order valence-electron chi connectivity index (χ0n) is 10.7. The highest BCUT2D eigenvalue weighted by Gasteiger charge is 2.15. The van der Waals surface area contributed by atoms with Gasteiger partial charge in [-0.2, -0.15) is 0 Å². The number of phenols is 3. The molecule has 0 spiro atoms. The summed E-state index contributed by atoms with van der Waals surface area (Å²) in [6.45, 7) is 5.69. The molecule has 0 amide bonds. The van der Waals surface area contributed by atoms with Gasteiger partial charge in [-0.25, -0.2) is 0 Å². The van der Waals surface area contributed by atoms with Crippen LogP contribution in [-0.4, -0.2) is 15.3 Å². The highest BCUT2D eigenvalue weighted by Crippen LogP contribution is 2.42. The minimum Gasteiger partial charge on any atom is -0.504 e. The molecule has 3 heteroatoms. The van der Waals surface area contributed by atoms with Gasteiger partial charge in [0.05, 0.1) is 0 Å². The van der Waals surface area contributed by atoms with E-state index in [1.54, 1.807) is 6.92 Å². The van der Waals surface area contributed by atoms with E-state index in [4.69, 9.17) is 0 Å². The second-order valence-electron chi connectivity index (χ2n) is 4.64. The Hall–Kier alpha value is -2.16. The van der Waals surface area contributed by atoms with Gasteiger partial charge in [0.2, 0.25) is 5.75 Å². The molecule has 3 N–H and O–H groups in total. The lowest BCUT2D eigenvalue weighted by molar-refractivity contribution is 0.366. The van der Waals surface area contributed by atoms with Gasteiger partial charge in [-0.1, -0.05) is 29.3 Å². The summed E-state index contributed by atoms with van der Waals surface area (Å²) in [4.78, 5) is 0. The molecule has 0 atom stereocenters. The molecule has 0 unspecified atom stereocenters. The van der Waals surface area contributed by atoms with Gasteiger partial charge in [-0.3, -0.25) is 0 Å². The number of hydrogen-bond donors (Lipinski definition) is 3. The highest BCUT2D eigenvalue weighted by molar-refractivity contribution is 5.75. The second-order valence-corrected chi connectivity index (χ2v) is 4.64. The second kappa shape index (κ2) is 4.26. The summed E-state index contributed by atoms with van der Waals surface area (Å²) in [5.74, 6) is -1.06. The van der Waals surface area contributed by atoms with Gasteiger partial charge >= 0.3 is 0 Å². The van der Waals surface area contributed by atoms with Crippen molar-refractivity contribution in [3.8, 4) is 28.4 Å². The average Bonchev–Trinajstić information content (AvgIpc) is 2.30. The van der Waals surface area contributed by atoms with Crippen molar-refractivity contribution in [1.82, 2.24) is 0 Å². The fourth-order valence-electron chi connectivity index (χ4n) is 2.17. The monoisotopic (exact) mass is 244 g/mol. The van der Waals surface area contributed by atoms with E-state index in [9.17, 15) is 15.3 Å². The lowest BCUT2D eigenvalue weighted by Gasteiger charge is -2.12. The first kappa shape index (κ1) is 12.3. The molecule has 0 aliphatic carbocycles. The van der Waals surface area contributed by atoms with Crippen molar-refractivity contribution in [2.24, 2.45) is 0 Å². The predicted molar refractivity (Wildman–Crippen MR) is 71.1 cm³/mol. The summed E-state index contributed by atoms with van der Waals surface area (Å²) in [5.41, 5.74) is 4.40. The van der Waals surface area contributed by atoms with Crippen molar-refractivity contribution in [1.29, 1.82) is 0 Å². The summed E-state index contributed by atoms with van der Waals surface area (Å²) >= 11 is 0. The fraction of sp³-hybridized carbons (Fsp3) is 0.200. The minimum absolute atomic E-state index is 0.274. The van der Waals surface area contributed by atoms with E-state index in [0.29, 0.717) is 5.56 Å². The van der Waals surface area contributed by atoms with Crippen LogP contribution in [0.1, 0.15) is 16.7 Å². The lowest BCUT2D eigenvalue weighted by atomic mass is 9.96. The van der Waals surface area contributed by atoms with Crippen molar-refractivity contribution in [3.05, 3.63) is 41.0 Å². The average molecular weight is 244 g/mol. The van der Waals surface area contributed by atoms with Crippen LogP contribution in [0.4, 0.5) is 0 Å². The largest absolute Gasteiger partial charge is 0.504 e. The van der Waals surface area contributed by atoms with E-state index in [0.717, 1.165) is 22.3 Å². The van der Waals surface area contributed by atoms with Crippen LogP contribution in [0, 0.1) is 20.8 Å². The molecule has 2 aromatic rings. The molecule has 2 rings (SSSR count). The maximum absolute atomic E-state index is 9.76. The third-order valence-corrected chi connectivity index (χ3v) is 3.04. The number of rotatable bonds is 1. The Morgan fingerprint density at radius 2 is 1.28 bits per heavy atom. The highest BCUT2D eigenvalue weighted by atomic mass is 16.3. The van der Waals surface area contributed by atoms with E-state index in [2.05, 4.69) is 6.07 Å². The first-order chi connectivity index (χ1) is 8.40. The van der Waals surface area contributed by atoms with Gasteiger partial charge in [-0.05, 0) is 38.0 Å². The van der Waals surface area contributed by atoms with Crippen LogP contribution in [0.15, 0.2) is 24.3 Å². The van der Waals surface area contributed by atoms with Crippen molar-refractivity contribution in [3.63, 3.8) is 0 Å². The van der Waals surface area contributed by atoms with Gasteiger partial charge in [-0.15, -0.1) is 0 Å². The summed E-state index contributed by atoms with van der Waals surface area (Å²) in [5, 5.41) is 28.8. The molecule has 3 nitrogen and oxygen atoms in total. The molecule has 0 saturated heterocycles. The lowest BCUT2D eigenvalue weighted by Crippen LogP contribution is -1.88. The number of benzene rings is 2. The van der Waals surface area contributed by atoms with Gasteiger partial charge in [0, 0.05) is 5.56 Å². The van der Waals surface area contributed by atoms with E-state index < -0.39 is 5.75 Å². The molecule has 0 radical (unpaired) electrons. The number of phenolic OH excluding ortho intramolecular Hbond substituents is 3. The Kier molecular flexibility index (Phi) is 2.91. The number of hydrogen-bond acceptors (Lipinski definition) is 3. The number of aromatic hydroxyl groups is 3.